The average Bonchev–Trinajstić information content (AvgIpc) is 2.84. The predicted molar refractivity (Wildman–Crippen MR) is 128 cm³/mol. The van der Waals surface area contributed by atoms with E-state index in [1.54, 1.807) is 0 Å². The molecule has 0 radical (unpaired) electrons. The summed E-state index contributed by atoms with van der Waals surface area (Å²) in [6.07, 6.45) is 6.89. The van der Waals surface area contributed by atoms with Gasteiger partial charge in [-0.25, -0.2) is 0 Å². The number of hydrogen-bond acceptors (Lipinski definition) is 3. The highest BCUT2D eigenvalue weighted by Crippen LogP contribution is 2.38. The first-order chi connectivity index (χ1) is 15.6. The molecule has 2 fully saturated rings. The van der Waals surface area contributed by atoms with Crippen LogP contribution in [0.15, 0.2) is 48.5 Å². The van der Waals surface area contributed by atoms with Gasteiger partial charge < -0.3 is 14.4 Å². The van der Waals surface area contributed by atoms with Gasteiger partial charge in [0, 0.05) is 37.3 Å². The molecule has 6 heteroatoms. The fraction of sp³-hybridized carbons (Fsp3) is 0.500. The Balaban J connectivity index is 1.49. The normalized spacial score (nSPS) is 23.8. The van der Waals surface area contributed by atoms with Crippen molar-refractivity contribution in [3.63, 3.8) is 0 Å². The van der Waals surface area contributed by atoms with Gasteiger partial charge in [0.2, 0.25) is 0 Å². The summed E-state index contributed by atoms with van der Waals surface area (Å²) in [5.74, 6) is 0.314. The summed E-state index contributed by atoms with van der Waals surface area (Å²) in [6, 6.07) is 15.5. The molecule has 0 aromatic heterocycles. The van der Waals surface area contributed by atoms with E-state index in [0.717, 1.165) is 69.2 Å². The van der Waals surface area contributed by atoms with E-state index in [4.69, 9.17) is 32.7 Å². The number of halogens is 2. The number of ether oxygens (including phenoxy) is 2. The third kappa shape index (κ3) is 5.85. The predicted octanol–water partition coefficient (Wildman–Crippen LogP) is 6.71. The molecule has 2 aliphatic heterocycles. The first kappa shape index (κ1) is 23.6. The van der Waals surface area contributed by atoms with Crippen LogP contribution < -0.4 is 0 Å². The number of likely N-dealkylation sites (tertiary alicyclic amines) is 1. The fourth-order valence-corrected chi connectivity index (χ4v) is 5.20. The van der Waals surface area contributed by atoms with Crippen molar-refractivity contribution in [2.24, 2.45) is 0 Å². The Morgan fingerprint density at radius 2 is 1.88 bits per heavy atom. The number of nitrogens with zero attached hydrogens (tertiary/aromatic N) is 1. The molecule has 0 N–H and O–H groups in total. The summed E-state index contributed by atoms with van der Waals surface area (Å²) < 4.78 is 11.7. The number of piperidine rings is 1. The molecule has 32 heavy (non-hydrogen) atoms. The zero-order valence-corrected chi connectivity index (χ0v) is 19.9. The van der Waals surface area contributed by atoms with Gasteiger partial charge in [0.25, 0.3) is 5.91 Å². The van der Waals surface area contributed by atoms with E-state index in [9.17, 15) is 4.79 Å². The summed E-state index contributed by atoms with van der Waals surface area (Å²) >= 11 is 12.5. The van der Waals surface area contributed by atoms with E-state index < -0.39 is 0 Å². The molecule has 2 heterocycles. The molecule has 0 spiro atoms. The van der Waals surface area contributed by atoms with Gasteiger partial charge in [0.1, 0.15) is 0 Å². The molecule has 0 aliphatic carbocycles. The molecule has 2 saturated heterocycles. The molecule has 2 aliphatic rings. The Morgan fingerprint density at radius 1 is 1.03 bits per heavy atom. The summed E-state index contributed by atoms with van der Waals surface area (Å²) in [7, 11) is 0. The smallest absolute Gasteiger partial charge is 0.254 e. The second-order valence-corrected chi connectivity index (χ2v) is 9.48. The van der Waals surface area contributed by atoms with Crippen LogP contribution in [0.4, 0.5) is 0 Å². The third-order valence-corrected chi connectivity index (χ3v) is 7.26. The number of rotatable bonds is 7. The van der Waals surface area contributed by atoms with E-state index in [-0.39, 0.29) is 24.2 Å². The summed E-state index contributed by atoms with van der Waals surface area (Å²) in [5.41, 5.74) is 1.88. The number of benzene rings is 2. The minimum atomic E-state index is -0.0805. The molecule has 4 nitrogen and oxygen atoms in total. The van der Waals surface area contributed by atoms with Gasteiger partial charge in [-0.2, -0.15) is 0 Å². The molecular weight excluding hydrogens is 445 g/mol. The Kier molecular flexibility index (Phi) is 8.48. The second kappa shape index (κ2) is 11.5. The van der Waals surface area contributed by atoms with Crippen LogP contribution in [0.1, 0.15) is 66.8 Å². The van der Waals surface area contributed by atoms with Crippen molar-refractivity contribution in [1.82, 2.24) is 4.90 Å². The van der Waals surface area contributed by atoms with Gasteiger partial charge in [0.05, 0.1) is 10.0 Å². The number of carbonyl (C=O) groups is 1. The standard InChI is InChI=1S/C26H31Cl2NO3/c27-22-14-13-20(18-23(22)28)21-10-6-15-29(26(30)19-8-2-1-3-9-19)24(21)11-7-17-32-25-12-4-5-16-31-25/h1-3,8-9,13-14,18,21,24-25H,4-7,10-12,15-17H2. The van der Waals surface area contributed by atoms with Crippen LogP contribution >= 0.6 is 23.2 Å². The monoisotopic (exact) mass is 475 g/mol. The molecular formula is C26H31Cl2NO3. The second-order valence-electron chi connectivity index (χ2n) is 8.66. The lowest BCUT2D eigenvalue weighted by Crippen LogP contribution is -2.47. The highest BCUT2D eigenvalue weighted by Gasteiger charge is 2.35. The number of hydrogen-bond donors (Lipinski definition) is 0. The maximum atomic E-state index is 13.4. The van der Waals surface area contributed by atoms with E-state index in [2.05, 4.69) is 11.0 Å². The Labute approximate surface area is 200 Å². The van der Waals surface area contributed by atoms with Gasteiger partial charge in [-0.1, -0.05) is 47.5 Å². The highest BCUT2D eigenvalue weighted by atomic mass is 35.5. The number of carbonyl (C=O) groups excluding carboxylic acids is 1. The largest absolute Gasteiger partial charge is 0.353 e. The maximum absolute atomic E-state index is 13.4. The molecule has 2 aromatic rings. The first-order valence-electron chi connectivity index (χ1n) is 11.7. The zero-order valence-electron chi connectivity index (χ0n) is 18.3. The lowest BCUT2D eigenvalue weighted by Gasteiger charge is -2.42. The van der Waals surface area contributed by atoms with Crippen molar-refractivity contribution < 1.29 is 14.3 Å². The SMILES string of the molecule is O=C(c1ccccc1)N1CCCC(c2ccc(Cl)c(Cl)c2)C1CCCOC1CCCCO1. The van der Waals surface area contributed by atoms with E-state index >= 15 is 0 Å². The van der Waals surface area contributed by atoms with Crippen LogP contribution in [-0.2, 0) is 9.47 Å². The quantitative estimate of drug-likeness (QED) is 0.417. The van der Waals surface area contributed by atoms with Crippen molar-refractivity contribution in [2.45, 2.75) is 63.2 Å². The summed E-state index contributed by atoms with van der Waals surface area (Å²) in [6.45, 7) is 2.19. The minimum Gasteiger partial charge on any atom is -0.353 e. The van der Waals surface area contributed by atoms with Crippen molar-refractivity contribution in [1.29, 1.82) is 0 Å². The Hall–Kier alpha value is -1.59. The molecule has 3 unspecified atom stereocenters. The maximum Gasteiger partial charge on any atom is 0.254 e. The van der Waals surface area contributed by atoms with Gasteiger partial charge in [-0.3, -0.25) is 4.79 Å². The molecule has 1 amide bonds. The van der Waals surface area contributed by atoms with E-state index in [1.807, 2.05) is 42.5 Å². The van der Waals surface area contributed by atoms with Crippen molar-refractivity contribution in [3.8, 4) is 0 Å². The van der Waals surface area contributed by atoms with Gasteiger partial charge >= 0.3 is 0 Å². The van der Waals surface area contributed by atoms with E-state index in [1.165, 1.54) is 0 Å². The van der Waals surface area contributed by atoms with Crippen molar-refractivity contribution in [2.75, 3.05) is 19.8 Å². The van der Waals surface area contributed by atoms with Gasteiger partial charge in [-0.05, 0) is 74.8 Å². The third-order valence-electron chi connectivity index (χ3n) is 6.52. The van der Waals surface area contributed by atoms with Crippen molar-refractivity contribution >= 4 is 29.1 Å². The summed E-state index contributed by atoms with van der Waals surface area (Å²) in [4.78, 5) is 15.5. The molecule has 0 saturated carbocycles. The Bertz CT molecular complexity index is 886. The minimum absolute atomic E-state index is 0.0805. The zero-order chi connectivity index (χ0) is 22.3. The van der Waals surface area contributed by atoms with Crippen LogP contribution in [0.25, 0.3) is 0 Å². The lowest BCUT2D eigenvalue weighted by atomic mass is 9.81. The van der Waals surface area contributed by atoms with Crippen LogP contribution in [-0.4, -0.2) is 42.9 Å². The number of amides is 1. The molecule has 172 valence electrons. The Morgan fingerprint density at radius 3 is 2.62 bits per heavy atom. The van der Waals surface area contributed by atoms with E-state index in [0.29, 0.717) is 16.7 Å². The van der Waals surface area contributed by atoms with Crippen LogP contribution in [0.5, 0.6) is 0 Å². The average molecular weight is 476 g/mol. The van der Waals surface area contributed by atoms with Gasteiger partial charge in [0.15, 0.2) is 6.29 Å². The summed E-state index contributed by atoms with van der Waals surface area (Å²) in [5, 5.41) is 1.12. The van der Waals surface area contributed by atoms with Gasteiger partial charge in [-0.15, -0.1) is 0 Å². The van der Waals surface area contributed by atoms with Crippen LogP contribution in [0, 0.1) is 0 Å². The van der Waals surface area contributed by atoms with Crippen LogP contribution in [0.2, 0.25) is 10.0 Å². The molecule has 2 aromatic carbocycles. The van der Waals surface area contributed by atoms with Crippen LogP contribution in [0.3, 0.4) is 0 Å². The molecule has 3 atom stereocenters. The van der Waals surface area contributed by atoms with Crippen molar-refractivity contribution in [3.05, 3.63) is 69.7 Å². The fourth-order valence-electron chi connectivity index (χ4n) is 4.89. The first-order valence-corrected chi connectivity index (χ1v) is 12.4. The molecule has 0 bridgehead atoms. The lowest BCUT2D eigenvalue weighted by molar-refractivity contribution is -0.163. The highest BCUT2D eigenvalue weighted by molar-refractivity contribution is 6.42. The molecule has 4 rings (SSSR count). The topological polar surface area (TPSA) is 38.8 Å².